The third-order valence-electron chi connectivity index (χ3n) is 5.25. The van der Waals surface area contributed by atoms with Crippen LogP contribution in [0.3, 0.4) is 0 Å². The van der Waals surface area contributed by atoms with Crippen molar-refractivity contribution in [1.29, 1.82) is 0 Å². The van der Waals surface area contributed by atoms with E-state index in [0.717, 1.165) is 37.3 Å². The van der Waals surface area contributed by atoms with Crippen molar-refractivity contribution in [2.24, 2.45) is 11.8 Å². The zero-order valence-electron chi connectivity index (χ0n) is 14.5. The fourth-order valence-corrected chi connectivity index (χ4v) is 4.42. The van der Waals surface area contributed by atoms with Gasteiger partial charge in [0, 0.05) is 61.8 Å². The number of rotatable bonds is 3. The van der Waals surface area contributed by atoms with E-state index in [-0.39, 0.29) is 5.56 Å². The zero-order valence-corrected chi connectivity index (χ0v) is 14.5. The number of aromatic nitrogens is 2. The Morgan fingerprint density at radius 2 is 2.08 bits per heavy atom. The number of likely N-dealkylation sites (tertiary alicyclic amines) is 1. The van der Waals surface area contributed by atoms with Crippen LogP contribution in [0.1, 0.15) is 31.9 Å². The van der Waals surface area contributed by atoms with E-state index in [2.05, 4.69) is 29.8 Å². The molecule has 1 fully saturated rings. The van der Waals surface area contributed by atoms with Crippen LogP contribution < -0.4 is 5.56 Å². The van der Waals surface area contributed by atoms with Gasteiger partial charge in [-0.05, 0) is 36.0 Å². The molecule has 0 aromatic carbocycles. The molecule has 4 rings (SSSR count). The highest BCUT2D eigenvalue weighted by Gasteiger charge is 2.34. The highest BCUT2D eigenvalue weighted by molar-refractivity contribution is 5.62. The summed E-state index contributed by atoms with van der Waals surface area (Å²) >= 11 is 0. The Labute approximate surface area is 143 Å². The van der Waals surface area contributed by atoms with E-state index < -0.39 is 0 Å². The molecule has 4 nitrogen and oxygen atoms in total. The fraction of sp³-hybridized carbons (Fsp3) is 0.500. The molecule has 0 N–H and O–H groups in total. The Balaban J connectivity index is 1.71. The molecule has 2 atom stereocenters. The topological polar surface area (TPSA) is 38.1 Å². The Morgan fingerprint density at radius 1 is 1.21 bits per heavy atom. The lowest BCUT2D eigenvalue weighted by molar-refractivity contribution is 0.109. The highest BCUT2D eigenvalue weighted by atomic mass is 16.1. The van der Waals surface area contributed by atoms with Gasteiger partial charge in [0.15, 0.2) is 0 Å². The van der Waals surface area contributed by atoms with E-state index in [9.17, 15) is 4.79 Å². The maximum atomic E-state index is 12.7. The van der Waals surface area contributed by atoms with Crippen LogP contribution in [0, 0.1) is 11.8 Å². The lowest BCUT2D eigenvalue weighted by atomic mass is 9.82. The monoisotopic (exact) mass is 323 g/mol. The quantitative estimate of drug-likeness (QED) is 0.871. The molecular weight excluding hydrogens is 298 g/mol. The summed E-state index contributed by atoms with van der Waals surface area (Å²) in [6, 6.07) is 7.94. The number of pyridine rings is 2. The van der Waals surface area contributed by atoms with Crippen LogP contribution in [0.15, 0.2) is 41.5 Å². The van der Waals surface area contributed by atoms with Crippen molar-refractivity contribution in [3.63, 3.8) is 0 Å². The predicted octanol–water partition coefficient (Wildman–Crippen LogP) is 2.99. The molecule has 0 aliphatic carbocycles. The van der Waals surface area contributed by atoms with Crippen molar-refractivity contribution >= 4 is 0 Å². The molecular formula is C20H25N3O. The van der Waals surface area contributed by atoms with Crippen LogP contribution in [0.25, 0.3) is 11.1 Å². The molecule has 0 amide bonds. The predicted molar refractivity (Wildman–Crippen MR) is 96.1 cm³/mol. The minimum absolute atomic E-state index is 0.137. The Bertz CT molecular complexity index is 781. The smallest absolute Gasteiger partial charge is 0.251 e. The average molecular weight is 323 g/mol. The molecule has 0 spiro atoms. The number of fused-ring (bicyclic) bond motifs is 4. The summed E-state index contributed by atoms with van der Waals surface area (Å²) in [5, 5.41) is 0. The minimum atomic E-state index is 0.137. The zero-order chi connectivity index (χ0) is 16.7. The van der Waals surface area contributed by atoms with Gasteiger partial charge >= 0.3 is 0 Å². The standard InChI is InChI=1S/C20H25N3O/c1-14(2)10-22-11-15-6-18(13-22)19-7-17(8-20(24)23(19)12-15)16-4-3-5-21-9-16/h3-5,7-9,14-15,18H,6,10-13H2,1-2H3/t15-,18+/m0/s1. The highest BCUT2D eigenvalue weighted by Crippen LogP contribution is 2.36. The molecule has 4 heteroatoms. The average Bonchev–Trinajstić information content (AvgIpc) is 2.56. The van der Waals surface area contributed by atoms with Crippen LogP contribution in [0.2, 0.25) is 0 Å². The Kier molecular flexibility index (Phi) is 4.01. The van der Waals surface area contributed by atoms with Crippen molar-refractivity contribution in [2.45, 2.75) is 32.7 Å². The summed E-state index contributed by atoms with van der Waals surface area (Å²) < 4.78 is 2.02. The molecule has 126 valence electrons. The van der Waals surface area contributed by atoms with Gasteiger partial charge in [-0.1, -0.05) is 19.9 Å². The van der Waals surface area contributed by atoms with Gasteiger partial charge in [0.05, 0.1) is 0 Å². The molecule has 2 aromatic heterocycles. The van der Waals surface area contributed by atoms with Gasteiger partial charge in [-0.25, -0.2) is 0 Å². The lowest BCUT2D eigenvalue weighted by Gasteiger charge is -2.43. The van der Waals surface area contributed by atoms with Crippen LogP contribution in [-0.2, 0) is 6.54 Å². The second kappa shape index (κ2) is 6.17. The van der Waals surface area contributed by atoms with Crippen molar-refractivity contribution in [3.8, 4) is 11.1 Å². The van der Waals surface area contributed by atoms with Gasteiger partial charge in [-0.3, -0.25) is 9.78 Å². The molecule has 2 bridgehead atoms. The van der Waals surface area contributed by atoms with E-state index >= 15 is 0 Å². The lowest BCUT2D eigenvalue weighted by Crippen LogP contribution is -2.48. The summed E-state index contributed by atoms with van der Waals surface area (Å²) in [6.07, 6.45) is 4.82. The number of hydrogen-bond donors (Lipinski definition) is 0. The van der Waals surface area contributed by atoms with Gasteiger partial charge in [0.2, 0.25) is 0 Å². The van der Waals surface area contributed by atoms with E-state index in [1.165, 1.54) is 12.1 Å². The van der Waals surface area contributed by atoms with Gasteiger partial charge in [0.1, 0.15) is 0 Å². The first-order valence-electron chi connectivity index (χ1n) is 8.97. The maximum Gasteiger partial charge on any atom is 0.251 e. The van der Waals surface area contributed by atoms with Crippen molar-refractivity contribution in [1.82, 2.24) is 14.5 Å². The normalized spacial score (nSPS) is 23.3. The fourth-order valence-electron chi connectivity index (χ4n) is 4.42. The molecule has 0 unspecified atom stereocenters. The SMILES string of the molecule is CC(C)CN1C[C@@H]2C[C@H](C1)c1cc(-c3cccnc3)cc(=O)n1C2. The maximum absolute atomic E-state index is 12.7. The second-order valence-corrected chi connectivity index (χ2v) is 7.77. The molecule has 24 heavy (non-hydrogen) atoms. The van der Waals surface area contributed by atoms with E-state index in [1.54, 1.807) is 12.3 Å². The molecule has 1 saturated heterocycles. The van der Waals surface area contributed by atoms with Gasteiger partial charge in [-0.15, -0.1) is 0 Å². The van der Waals surface area contributed by atoms with Gasteiger partial charge in [0.25, 0.3) is 5.56 Å². The molecule has 2 aliphatic heterocycles. The summed E-state index contributed by atoms with van der Waals surface area (Å²) in [4.78, 5) is 19.5. The Hall–Kier alpha value is -1.94. The number of piperidine rings is 1. The molecule has 4 heterocycles. The largest absolute Gasteiger partial charge is 0.312 e. The molecule has 2 aromatic rings. The first kappa shape index (κ1) is 15.6. The van der Waals surface area contributed by atoms with Crippen molar-refractivity contribution < 1.29 is 0 Å². The number of hydrogen-bond acceptors (Lipinski definition) is 3. The van der Waals surface area contributed by atoms with E-state index in [1.807, 2.05) is 22.9 Å². The molecule has 0 radical (unpaired) electrons. The summed E-state index contributed by atoms with van der Waals surface area (Å²) in [5.41, 5.74) is 3.37. The van der Waals surface area contributed by atoms with Crippen LogP contribution in [0.5, 0.6) is 0 Å². The van der Waals surface area contributed by atoms with Crippen molar-refractivity contribution in [3.05, 3.63) is 52.7 Å². The third kappa shape index (κ3) is 2.91. The summed E-state index contributed by atoms with van der Waals surface area (Å²) in [5.74, 6) is 1.77. The second-order valence-electron chi connectivity index (χ2n) is 7.77. The van der Waals surface area contributed by atoms with Gasteiger partial charge < -0.3 is 9.47 Å². The first-order valence-corrected chi connectivity index (χ1v) is 8.97. The summed E-state index contributed by atoms with van der Waals surface area (Å²) in [7, 11) is 0. The summed E-state index contributed by atoms with van der Waals surface area (Å²) in [6.45, 7) is 8.79. The number of nitrogens with zero attached hydrogens (tertiary/aromatic N) is 3. The van der Waals surface area contributed by atoms with Crippen LogP contribution in [0.4, 0.5) is 0 Å². The van der Waals surface area contributed by atoms with Crippen LogP contribution >= 0.6 is 0 Å². The first-order chi connectivity index (χ1) is 11.6. The van der Waals surface area contributed by atoms with Gasteiger partial charge in [-0.2, -0.15) is 0 Å². The van der Waals surface area contributed by atoms with Crippen LogP contribution in [-0.4, -0.2) is 34.1 Å². The minimum Gasteiger partial charge on any atom is -0.312 e. The Morgan fingerprint density at radius 3 is 2.83 bits per heavy atom. The molecule has 0 saturated carbocycles. The van der Waals surface area contributed by atoms with E-state index in [4.69, 9.17) is 0 Å². The third-order valence-corrected chi connectivity index (χ3v) is 5.25. The molecule has 2 aliphatic rings. The van der Waals surface area contributed by atoms with Crippen molar-refractivity contribution in [2.75, 3.05) is 19.6 Å². The van der Waals surface area contributed by atoms with E-state index in [0.29, 0.717) is 17.8 Å².